The normalized spacial score (nSPS) is 14.7. The molecule has 1 fully saturated rings. The first-order valence-corrected chi connectivity index (χ1v) is 9.57. The molecule has 1 aliphatic heterocycles. The van der Waals surface area contributed by atoms with E-state index in [1.807, 2.05) is 42.6 Å². The van der Waals surface area contributed by atoms with Gasteiger partial charge in [0.05, 0.1) is 0 Å². The van der Waals surface area contributed by atoms with Crippen LogP contribution in [0.1, 0.15) is 12.6 Å². The van der Waals surface area contributed by atoms with E-state index in [1.54, 1.807) is 0 Å². The third kappa shape index (κ3) is 6.53. The molecule has 1 aliphatic rings. The largest absolute Gasteiger partial charge is 0.368 e. The molecule has 1 saturated heterocycles. The molecule has 0 saturated carbocycles. The predicted molar refractivity (Wildman–Crippen MR) is 125 cm³/mol. The minimum absolute atomic E-state index is 0. The average Bonchev–Trinajstić information content (AvgIpc) is 2.68. The number of benzene rings is 1. The number of nitrogens with one attached hydrogen (secondary N) is 1. The second-order valence-corrected chi connectivity index (χ2v) is 6.70. The lowest BCUT2D eigenvalue weighted by molar-refractivity contribution is 0.372. The Morgan fingerprint density at radius 2 is 1.96 bits per heavy atom. The zero-order valence-corrected chi connectivity index (χ0v) is 18.7. The van der Waals surface area contributed by atoms with Crippen LogP contribution in [0.5, 0.6) is 0 Å². The van der Waals surface area contributed by atoms with Gasteiger partial charge in [-0.2, -0.15) is 0 Å². The fourth-order valence-electron chi connectivity index (χ4n) is 3.10. The summed E-state index contributed by atoms with van der Waals surface area (Å²) in [5.41, 5.74) is 2.27. The standard InChI is InChI=1S/C20H26ClN5.HI/c1-2-22-20(24-11-9-18-7-3-4-10-23-18)26-14-12-25(13-15-26)19-8-5-6-17(21)16-19;/h3-8,10,16H,2,9,11-15H2,1H3,(H,22,24);1H. The molecule has 5 nitrogen and oxygen atoms in total. The molecule has 1 N–H and O–H groups in total. The van der Waals surface area contributed by atoms with Crippen LogP contribution in [0, 0.1) is 0 Å². The van der Waals surface area contributed by atoms with E-state index >= 15 is 0 Å². The molecule has 0 aliphatic carbocycles. The summed E-state index contributed by atoms with van der Waals surface area (Å²) in [5.74, 6) is 0.995. The van der Waals surface area contributed by atoms with Gasteiger partial charge >= 0.3 is 0 Å². The van der Waals surface area contributed by atoms with Gasteiger partial charge in [-0.1, -0.05) is 23.7 Å². The van der Waals surface area contributed by atoms with E-state index < -0.39 is 0 Å². The number of hydrogen-bond donors (Lipinski definition) is 1. The number of nitrogens with zero attached hydrogens (tertiary/aromatic N) is 4. The molecule has 7 heteroatoms. The Bertz CT molecular complexity index is 717. The van der Waals surface area contributed by atoms with E-state index in [9.17, 15) is 0 Å². The summed E-state index contributed by atoms with van der Waals surface area (Å²) in [7, 11) is 0. The Kier molecular flexibility index (Phi) is 9.14. The van der Waals surface area contributed by atoms with Crippen molar-refractivity contribution in [3.63, 3.8) is 0 Å². The fourth-order valence-corrected chi connectivity index (χ4v) is 3.28. The van der Waals surface area contributed by atoms with Gasteiger partial charge in [0.15, 0.2) is 5.96 Å². The topological polar surface area (TPSA) is 43.8 Å². The van der Waals surface area contributed by atoms with Crippen LogP contribution in [0.4, 0.5) is 5.69 Å². The number of anilines is 1. The highest BCUT2D eigenvalue weighted by Crippen LogP contribution is 2.20. The van der Waals surface area contributed by atoms with Crippen LogP contribution in [0.25, 0.3) is 0 Å². The third-order valence-corrected chi connectivity index (χ3v) is 4.68. The molecule has 1 aromatic heterocycles. The maximum atomic E-state index is 6.12. The lowest BCUT2D eigenvalue weighted by Gasteiger charge is -2.37. The van der Waals surface area contributed by atoms with Crippen LogP contribution in [-0.2, 0) is 6.42 Å². The van der Waals surface area contributed by atoms with Crippen molar-refractivity contribution in [2.24, 2.45) is 4.99 Å². The Labute approximate surface area is 183 Å². The van der Waals surface area contributed by atoms with Gasteiger partial charge in [-0.3, -0.25) is 9.98 Å². The second-order valence-electron chi connectivity index (χ2n) is 6.26. The predicted octanol–water partition coefficient (Wildman–Crippen LogP) is 3.68. The Morgan fingerprint density at radius 1 is 1.15 bits per heavy atom. The molecule has 0 amide bonds. The first-order valence-electron chi connectivity index (χ1n) is 9.20. The van der Waals surface area contributed by atoms with Crippen LogP contribution in [-0.4, -0.2) is 55.1 Å². The highest BCUT2D eigenvalue weighted by atomic mass is 127. The van der Waals surface area contributed by atoms with Crippen LogP contribution >= 0.6 is 35.6 Å². The number of aromatic nitrogens is 1. The fraction of sp³-hybridized carbons (Fsp3) is 0.400. The Morgan fingerprint density at radius 3 is 2.63 bits per heavy atom. The number of piperazine rings is 1. The summed E-state index contributed by atoms with van der Waals surface area (Å²) < 4.78 is 0. The zero-order chi connectivity index (χ0) is 18.2. The van der Waals surface area contributed by atoms with E-state index in [-0.39, 0.29) is 24.0 Å². The van der Waals surface area contributed by atoms with E-state index in [1.165, 1.54) is 5.69 Å². The van der Waals surface area contributed by atoms with Gasteiger partial charge in [0, 0.05) is 68.3 Å². The van der Waals surface area contributed by atoms with Crippen molar-refractivity contribution in [3.05, 3.63) is 59.4 Å². The second kappa shape index (κ2) is 11.3. The van der Waals surface area contributed by atoms with Gasteiger partial charge in [-0.25, -0.2) is 0 Å². The molecule has 0 atom stereocenters. The van der Waals surface area contributed by atoms with Crippen molar-refractivity contribution >= 4 is 47.2 Å². The van der Waals surface area contributed by atoms with Crippen molar-refractivity contribution in [2.75, 3.05) is 44.2 Å². The van der Waals surface area contributed by atoms with E-state index in [0.29, 0.717) is 0 Å². The van der Waals surface area contributed by atoms with Gasteiger partial charge < -0.3 is 15.1 Å². The molecule has 2 heterocycles. The molecular weight excluding hydrogens is 473 g/mol. The number of halogens is 2. The van der Waals surface area contributed by atoms with Gasteiger partial charge in [0.2, 0.25) is 0 Å². The van der Waals surface area contributed by atoms with Crippen molar-refractivity contribution in [1.29, 1.82) is 0 Å². The van der Waals surface area contributed by atoms with Crippen molar-refractivity contribution in [1.82, 2.24) is 15.2 Å². The van der Waals surface area contributed by atoms with Crippen LogP contribution in [0.3, 0.4) is 0 Å². The molecule has 2 aromatic rings. The molecule has 3 rings (SSSR count). The Balaban J connectivity index is 0.00000261. The highest BCUT2D eigenvalue weighted by Gasteiger charge is 2.19. The van der Waals surface area contributed by atoms with Crippen LogP contribution in [0.2, 0.25) is 5.02 Å². The zero-order valence-electron chi connectivity index (χ0n) is 15.6. The Hall–Kier alpha value is -1.54. The summed E-state index contributed by atoms with van der Waals surface area (Å²) in [5, 5.41) is 4.20. The molecular formula is C20H27ClIN5. The smallest absolute Gasteiger partial charge is 0.194 e. The van der Waals surface area contributed by atoms with Crippen LogP contribution in [0.15, 0.2) is 53.7 Å². The maximum absolute atomic E-state index is 6.12. The number of hydrogen-bond acceptors (Lipinski definition) is 3. The SMILES string of the molecule is CCNC(=NCCc1ccccn1)N1CCN(c2cccc(Cl)c2)CC1.I. The first kappa shape index (κ1) is 21.8. The molecule has 146 valence electrons. The van der Waals surface area contributed by atoms with E-state index in [4.69, 9.17) is 16.6 Å². The number of aliphatic imine (C=N–C) groups is 1. The first-order chi connectivity index (χ1) is 12.8. The molecule has 0 bridgehead atoms. The van der Waals surface area contributed by atoms with Crippen LogP contribution < -0.4 is 10.2 Å². The summed E-state index contributed by atoms with van der Waals surface area (Å²) in [6, 6.07) is 14.1. The van der Waals surface area contributed by atoms with Gasteiger partial charge in [-0.15, -0.1) is 24.0 Å². The van der Waals surface area contributed by atoms with E-state index in [0.717, 1.165) is 62.4 Å². The third-order valence-electron chi connectivity index (χ3n) is 4.44. The lowest BCUT2D eigenvalue weighted by atomic mass is 10.2. The summed E-state index contributed by atoms with van der Waals surface area (Å²) >= 11 is 6.12. The van der Waals surface area contributed by atoms with Gasteiger partial charge in [-0.05, 0) is 37.3 Å². The minimum Gasteiger partial charge on any atom is -0.368 e. The minimum atomic E-state index is 0. The molecule has 1 aromatic carbocycles. The average molecular weight is 500 g/mol. The highest BCUT2D eigenvalue weighted by molar-refractivity contribution is 14.0. The van der Waals surface area contributed by atoms with Crippen molar-refractivity contribution in [2.45, 2.75) is 13.3 Å². The lowest BCUT2D eigenvalue weighted by Crippen LogP contribution is -2.52. The quantitative estimate of drug-likeness (QED) is 0.387. The number of guanidine groups is 1. The van der Waals surface area contributed by atoms with E-state index in [2.05, 4.69) is 33.1 Å². The van der Waals surface area contributed by atoms with Gasteiger partial charge in [0.1, 0.15) is 0 Å². The van der Waals surface area contributed by atoms with Crippen molar-refractivity contribution < 1.29 is 0 Å². The molecule has 0 radical (unpaired) electrons. The van der Waals surface area contributed by atoms with Gasteiger partial charge in [0.25, 0.3) is 0 Å². The summed E-state index contributed by atoms with van der Waals surface area (Å²) in [4.78, 5) is 13.9. The summed E-state index contributed by atoms with van der Waals surface area (Å²) in [6.45, 7) is 7.54. The monoisotopic (exact) mass is 499 g/mol. The molecule has 0 spiro atoms. The molecule has 27 heavy (non-hydrogen) atoms. The number of rotatable bonds is 5. The maximum Gasteiger partial charge on any atom is 0.194 e. The molecule has 0 unspecified atom stereocenters. The number of pyridine rings is 1. The van der Waals surface area contributed by atoms with Crippen molar-refractivity contribution in [3.8, 4) is 0 Å². The summed E-state index contributed by atoms with van der Waals surface area (Å²) in [6.07, 6.45) is 2.69.